The molecular weight excluding hydrogens is 505 g/mol. The van der Waals surface area contributed by atoms with Crippen LogP contribution in [0.1, 0.15) is 27.7 Å². The second-order valence-corrected chi connectivity index (χ2v) is 10.9. The van der Waals surface area contributed by atoms with Crippen molar-refractivity contribution in [2.75, 3.05) is 31.1 Å². The summed E-state index contributed by atoms with van der Waals surface area (Å²) >= 11 is 7.59. The minimum Gasteiger partial charge on any atom is -0.357 e. The molecule has 0 aliphatic carbocycles. The van der Waals surface area contributed by atoms with Crippen LogP contribution in [0.2, 0.25) is 5.02 Å². The molecule has 150 valence electrons. The van der Waals surface area contributed by atoms with E-state index in [1.807, 2.05) is 31.2 Å². The van der Waals surface area contributed by atoms with E-state index in [2.05, 4.69) is 15.6 Å². The number of sulfone groups is 1. The molecule has 9 heteroatoms. The molecule has 0 saturated heterocycles. The molecule has 0 saturated carbocycles. The highest BCUT2D eigenvalue weighted by atomic mass is 127. The number of hydrogen-bond donors (Lipinski definition) is 2. The fourth-order valence-electron chi connectivity index (χ4n) is 1.79. The van der Waals surface area contributed by atoms with Crippen molar-refractivity contribution in [2.24, 2.45) is 4.99 Å². The van der Waals surface area contributed by atoms with E-state index in [-0.39, 0.29) is 36.3 Å². The van der Waals surface area contributed by atoms with Crippen molar-refractivity contribution < 1.29 is 8.42 Å². The highest BCUT2D eigenvalue weighted by Crippen LogP contribution is 2.19. The fraction of sp³-hybridized carbons (Fsp3) is 0.588. The van der Waals surface area contributed by atoms with Gasteiger partial charge < -0.3 is 10.6 Å². The van der Waals surface area contributed by atoms with Crippen molar-refractivity contribution >= 4 is 63.1 Å². The molecule has 0 aliphatic rings. The van der Waals surface area contributed by atoms with Crippen molar-refractivity contribution in [3.63, 3.8) is 0 Å². The SMILES string of the molecule is CCNC(=NCCS(=O)(=O)C(C)(C)C)NCCSc1ccc(Cl)cc1.I. The van der Waals surface area contributed by atoms with E-state index in [0.29, 0.717) is 5.96 Å². The summed E-state index contributed by atoms with van der Waals surface area (Å²) in [5.74, 6) is 1.56. The Morgan fingerprint density at radius 1 is 1.19 bits per heavy atom. The normalized spacial score (nSPS) is 12.4. The van der Waals surface area contributed by atoms with Gasteiger partial charge in [0.25, 0.3) is 0 Å². The minimum atomic E-state index is -3.15. The molecule has 0 bridgehead atoms. The van der Waals surface area contributed by atoms with Crippen LogP contribution in [0.3, 0.4) is 0 Å². The van der Waals surface area contributed by atoms with Gasteiger partial charge in [-0.05, 0) is 52.0 Å². The number of guanidine groups is 1. The van der Waals surface area contributed by atoms with Gasteiger partial charge in [-0.3, -0.25) is 4.99 Å². The van der Waals surface area contributed by atoms with E-state index in [1.54, 1.807) is 32.5 Å². The number of thioether (sulfide) groups is 1. The second kappa shape index (κ2) is 12.3. The Morgan fingerprint density at radius 3 is 2.35 bits per heavy atom. The summed E-state index contributed by atoms with van der Waals surface area (Å²) in [5.41, 5.74) is 0. The third kappa shape index (κ3) is 9.66. The van der Waals surface area contributed by atoms with Gasteiger partial charge in [-0.15, -0.1) is 35.7 Å². The molecule has 0 aliphatic heterocycles. The van der Waals surface area contributed by atoms with Crippen LogP contribution < -0.4 is 10.6 Å². The zero-order valence-electron chi connectivity index (χ0n) is 15.7. The summed E-state index contributed by atoms with van der Waals surface area (Å²) in [5, 5.41) is 7.09. The van der Waals surface area contributed by atoms with Crippen molar-refractivity contribution in [1.82, 2.24) is 10.6 Å². The van der Waals surface area contributed by atoms with E-state index in [0.717, 1.165) is 28.8 Å². The predicted octanol–water partition coefficient (Wildman–Crippen LogP) is 3.82. The summed E-state index contributed by atoms with van der Waals surface area (Å²) in [4.78, 5) is 5.51. The Hall–Kier alpha value is -0.190. The Labute approximate surface area is 184 Å². The van der Waals surface area contributed by atoms with Gasteiger partial charge in [-0.1, -0.05) is 11.6 Å². The zero-order chi connectivity index (χ0) is 18.9. The molecule has 26 heavy (non-hydrogen) atoms. The van der Waals surface area contributed by atoms with E-state index in [1.165, 1.54) is 0 Å². The average Bonchev–Trinajstić information content (AvgIpc) is 2.52. The van der Waals surface area contributed by atoms with Gasteiger partial charge in [-0.25, -0.2) is 8.42 Å². The summed E-state index contributed by atoms with van der Waals surface area (Å²) < 4.78 is 23.5. The Morgan fingerprint density at radius 2 is 1.81 bits per heavy atom. The van der Waals surface area contributed by atoms with Crippen molar-refractivity contribution in [2.45, 2.75) is 37.3 Å². The van der Waals surface area contributed by atoms with Gasteiger partial charge in [0.2, 0.25) is 0 Å². The maximum absolute atomic E-state index is 12.1. The van der Waals surface area contributed by atoms with E-state index >= 15 is 0 Å². The second-order valence-electron chi connectivity index (χ2n) is 6.42. The first-order valence-corrected chi connectivity index (χ1v) is 11.3. The maximum Gasteiger partial charge on any atom is 0.191 e. The Balaban J connectivity index is 0.00000625. The smallest absolute Gasteiger partial charge is 0.191 e. The molecule has 0 atom stereocenters. The van der Waals surface area contributed by atoms with Gasteiger partial charge in [0.15, 0.2) is 15.8 Å². The van der Waals surface area contributed by atoms with Crippen molar-refractivity contribution in [1.29, 1.82) is 0 Å². The molecule has 0 heterocycles. The van der Waals surface area contributed by atoms with Gasteiger partial charge in [-0.2, -0.15) is 0 Å². The lowest BCUT2D eigenvalue weighted by Crippen LogP contribution is -2.39. The van der Waals surface area contributed by atoms with Crippen LogP contribution >= 0.6 is 47.3 Å². The summed E-state index contributed by atoms with van der Waals surface area (Å²) in [6.07, 6.45) is 0. The number of nitrogens with zero attached hydrogens (tertiary/aromatic N) is 1. The number of nitrogens with one attached hydrogen (secondary N) is 2. The molecule has 0 amide bonds. The molecule has 0 radical (unpaired) electrons. The van der Waals surface area contributed by atoms with Crippen LogP contribution in [0.5, 0.6) is 0 Å². The molecule has 0 spiro atoms. The van der Waals surface area contributed by atoms with Crippen LogP contribution in [0.25, 0.3) is 0 Å². The number of rotatable bonds is 8. The number of benzene rings is 1. The number of hydrogen-bond acceptors (Lipinski definition) is 4. The lowest BCUT2D eigenvalue weighted by Gasteiger charge is -2.18. The average molecular weight is 534 g/mol. The van der Waals surface area contributed by atoms with Gasteiger partial charge in [0, 0.05) is 28.8 Å². The minimum absolute atomic E-state index is 0. The van der Waals surface area contributed by atoms with Crippen LogP contribution in [0.15, 0.2) is 34.2 Å². The first kappa shape index (κ1) is 25.8. The standard InChI is InChI=1S/C17H28ClN3O2S2.HI/c1-5-19-16(21-11-13-25(22,23)17(2,3)4)20-10-12-24-15-8-6-14(18)7-9-15;/h6-9H,5,10-13H2,1-4H3,(H2,19,20,21);1H. The van der Waals surface area contributed by atoms with Crippen molar-refractivity contribution in [3.05, 3.63) is 29.3 Å². The number of aliphatic imine (C=N–C) groups is 1. The topological polar surface area (TPSA) is 70.6 Å². The van der Waals surface area contributed by atoms with Crippen LogP contribution in [0.4, 0.5) is 0 Å². The van der Waals surface area contributed by atoms with E-state index in [9.17, 15) is 8.42 Å². The molecule has 1 aromatic rings. The van der Waals surface area contributed by atoms with Crippen molar-refractivity contribution in [3.8, 4) is 0 Å². The quantitative estimate of drug-likeness (QED) is 0.175. The third-order valence-electron chi connectivity index (χ3n) is 3.38. The highest BCUT2D eigenvalue weighted by Gasteiger charge is 2.28. The first-order chi connectivity index (χ1) is 11.7. The Bertz CT molecular complexity index is 660. The molecule has 5 nitrogen and oxygen atoms in total. The summed E-state index contributed by atoms with van der Waals surface area (Å²) in [6.45, 7) is 8.81. The zero-order valence-corrected chi connectivity index (χ0v) is 20.4. The maximum atomic E-state index is 12.1. The van der Waals surface area contributed by atoms with Crippen LogP contribution in [-0.4, -0.2) is 50.3 Å². The van der Waals surface area contributed by atoms with Gasteiger partial charge in [0.05, 0.1) is 17.0 Å². The molecule has 2 N–H and O–H groups in total. The molecule has 1 aromatic carbocycles. The van der Waals surface area contributed by atoms with E-state index < -0.39 is 14.6 Å². The Kier molecular flexibility index (Phi) is 12.2. The van der Waals surface area contributed by atoms with Gasteiger partial charge >= 0.3 is 0 Å². The van der Waals surface area contributed by atoms with E-state index in [4.69, 9.17) is 11.6 Å². The largest absolute Gasteiger partial charge is 0.357 e. The molecule has 0 aromatic heterocycles. The van der Waals surface area contributed by atoms with Crippen LogP contribution in [-0.2, 0) is 9.84 Å². The lowest BCUT2D eigenvalue weighted by atomic mass is 10.3. The monoisotopic (exact) mass is 533 g/mol. The number of halogens is 2. The molecule has 0 fully saturated rings. The lowest BCUT2D eigenvalue weighted by molar-refractivity contribution is 0.560. The van der Waals surface area contributed by atoms with Gasteiger partial charge in [0.1, 0.15) is 0 Å². The molecular formula is C17H29ClIN3O2S2. The summed E-state index contributed by atoms with van der Waals surface area (Å²) in [6, 6.07) is 7.73. The predicted molar refractivity (Wildman–Crippen MR) is 125 cm³/mol. The molecule has 1 rings (SSSR count). The molecule has 0 unspecified atom stereocenters. The van der Waals surface area contributed by atoms with Crippen LogP contribution in [0, 0.1) is 0 Å². The summed E-state index contributed by atoms with van der Waals surface area (Å²) in [7, 11) is -3.15. The first-order valence-electron chi connectivity index (χ1n) is 8.28. The fourth-order valence-corrected chi connectivity index (χ4v) is 3.63. The highest BCUT2D eigenvalue weighted by molar-refractivity contribution is 14.0. The third-order valence-corrected chi connectivity index (χ3v) is 7.24.